The van der Waals surface area contributed by atoms with Gasteiger partial charge in [-0.25, -0.2) is 0 Å². The molecule has 2 aliphatic rings. The van der Waals surface area contributed by atoms with Gasteiger partial charge in [0.2, 0.25) is 0 Å². The van der Waals surface area contributed by atoms with Gasteiger partial charge in [0.15, 0.2) is 5.78 Å². The van der Waals surface area contributed by atoms with Crippen molar-refractivity contribution in [2.75, 3.05) is 4.90 Å². The highest BCUT2D eigenvalue weighted by molar-refractivity contribution is 7.98. The highest BCUT2D eigenvalue weighted by atomic mass is 35.5. The van der Waals surface area contributed by atoms with E-state index in [1.54, 1.807) is 11.8 Å². The molecule has 0 saturated carbocycles. The number of thioether (sulfide) groups is 1. The molecule has 9 heteroatoms. The van der Waals surface area contributed by atoms with E-state index in [2.05, 4.69) is 12.1 Å². The van der Waals surface area contributed by atoms with Crippen LogP contribution in [0.15, 0.2) is 88.2 Å². The number of Topliss-reactive ketones (excluding diaryl/α,β-unsaturated/α-hetero) is 1. The Hall–Kier alpha value is -3.67. The average molecular weight is 622 g/mol. The van der Waals surface area contributed by atoms with Crippen molar-refractivity contribution in [3.63, 3.8) is 0 Å². The average Bonchev–Trinajstić information content (AvgIpc) is 2.92. The molecule has 0 radical (unpaired) electrons. The number of nitriles is 1. The first-order valence-corrected chi connectivity index (χ1v) is 15.2. The van der Waals surface area contributed by atoms with Crippen molar-refractivity contribution in [3.8, 4) is 6.07 Å². The van der Waals surface area contributed by atoms with Crippen molar-refractivity contribution in [2.45, 2.75) is 63.3 Å². The summed E-state index contributed by atoms with van der Waals surface area (Å²) >= 11 is 7.68. The Kier molecular flexibility index (Phi) is 8.19. The van der Waals surface area contributed by atoms with Crippen molar-refractivity contribution < 1.29 is 18.0 Å². The molecule has 3 aromatic rings. The molecular weight excluding hydrogens is 591 g/mol. The van der Waals surface area contributed by atoms with Crippen LogP contribution in [0.4, 0.5) is 18.9 Å². The van der Waals surface area contributed by atoms with E-state index in [1.165, 1.54) is 23.1 Å². The SMILES string of the molecule is Cc1cc(CSc2ccc(Cl)cc2)c(C)c(C2C(C#N)=C(N)N(c3ccccc3C(F)(F)F)C3=C2C(=O)CC(C)(C)C3)c1. The third kappa shape index (κ3) is 5.93. The fourth-order valence-corrected chi connectivity index (χ4v) is 7.19. The van der Waals surface area contributed by atoms with Crippen LogP contribution in [0.3, 0.4) is 0 Å². The van der Waals surface area contributed by atoms with Gasteiger partial charge in [-0.05, 0) is 78.8 Å². The predicted octanol–water partition coefficient (Wildman–Crippen LogP) is 9.21. The van der Waals surface area contributed by atoms with E-state index in [1.807, 2.05) is 58.0 Å². The summed E-state index contributed by atoms with van der Waals surface area (Å²) in [6.07, 6.45) is -4.14. The van der Waals surface area contributed by atoms with Gasteiger partial charge in [0, 0.05) is 33.4 Å². The maximum absolute atomic E-state index is 14.2. The number of benzene rings is 3. The number of para-hydroxylation sites is 1. The Bertz CT molecular complexity index is 1720. The minimum Gasteiger partial charge on any atom is -0.384 e. The minimum atomic E-state index is -4.67. The van der Waals surface area contributed by atoms with Crippen LogP contribution in [0.1, 0.15) is 60.4 Å². The summed E-state index contributed by atoms with van der Waals surface area (Å²) in [6, 6.07) is 18.9. The summed E-state index contributed by atoms with van der Waals surface area (Å²) in [6.45, 7) is 7.75. The number of hydrogen-bond donors (Lipinski definition) is 1. The summed E-state index contributed by atoms with van der Waals surface area (Å²) < 4.78 is 42.7. The van der Waals surface area contributed by atoms with Crippen molar-refractivity contribution >= 4 is 34.8 Å². The molecule has 0 saturated heterocycles. The summed E-state index contributed by atoms with van der Waals surface area (Å²) in [5.41, 5.74) is 9.54. The number of aryl methyl sites for hydroxylation is 1. The number of hydrogen-bond acceptors (Lipinski definition) is 5. The predicted molar refractivity (Wildman–Crippen MR) is 165 cm³/mol. The summed E-state index contributed by atoms with van der Waals surface area (Å²) in [4.78, 5) is 16.3. The van der Waals surface area contributed by atoms with Crippen LogP contribution in [0.25, 0.3) is 0 Å². The number of halogens is 4. The molecule has 0 spiro atoms. The number of rotatable bonds is 5. The van der Waals surface area contributed by atoms with E-state index < -0.39 is 23.1 Å². The quantitative estimate of drug-likeness (QED) is 0.288. The van der Waals surface area contributed by atoms with Crippen molar-refractivity contribution in [1.29, 1.82) is 5.26 Å². The molecule has 0 aromatic heterocycles. The third-order valence-electron chi connectivity index (χ3n) is 8.05. The van der Waals surface area contributed by atoms with E-state index in [9.17, 15) is 23.2 Å². The van der Waals surface area contributed by atoms with Crippen molar-refractivity contribution in [2.24, 2.45) is 11.1 Å². The van der Waals surface area contributed by atoms with Gasteiger partial charge in [0.1, 0.15) is 5.82 Å². The molecule has 2 N–H and O–H groups in total. The topological polar surface area (TPSA) is 70.1 Å². The van der Waals surface area contributed by atoms with E-state index in [0.717, 1.165) is 33.2 Å². The lowest BCUT2D eigenvalue weighted by Crippen LogP contribution is -2.42. The monoisotopic (exact) mass is 621 g/mol. The summed E-state index contributed by atoms with van der Waals surface area (Å²) in [5.74, 6) is -0.444. The van der Waals surface area contributed by atoms with Crippen LogP contribution in [0.5, 0.6) is 0 Å². The van der Waals surface area contributed by atoms with Gasteiger partial charge < -0.3 is 5.73 Å². The second-order valence-corrected chi connectivity index (χ2v) is 13.4. The molecule has 1 unspecified atom stereocenters. The van der Waals surface area contributed by atoms with Crippen LogP contribution in [0, 0.1) is 30.6 Å². The number of nitrogens with two attached hydrogens (primary N) is 1. The van der Waals surface area contributed by atoms with E-state index in [-0.39, 0.29) is 29.3 Å². The van der Waals surface area contributed by atoms with Crippen LogP contribution in [0.2, 0.25) is 5.02 Å². The number of allylic oxidation sites excluding steroid dienone is 3. The van der Waals surface area contributed by atoms with E-state index in [4.69, 9.17) is 17.3 Å². The molecule has 3 aromatic carbocycles. The van der Waals surface area contributed by atoms with Gasteiger partial charge in [-0.1, -0.05) is 55.3 Å². The summed E-state index contributed by atoms with van der Waals surface area (Å²) in [5, 5.41) is 11.1. The standard InChI is InChI=1S/C34H31ClF3N3OS/c1-19-13-21(18-43-23-11-9-22(35)10-12-23)20(2)24(14-19)30-25(17-39)32(40)41(27-8-6-5-7-26(27)34(36,37)38)28-15-33(3,4)16-29(42)31(28)30/h5-14,30H,15-16,18,40H2,1-4H3. The lowest BCUT2D eigenvalue weighted by Gasteiger charge is -2.44. The Morgan fingerprint density at radius 2 is 1.77 bits per heavy atom. The molecule has 1 atom stereocenters. The number of anilines is 1. The highest BCUT2D eigenvalue weighted by Gasteiger charge is 2.47. The largest absolute Gasteiger partial charge is 0.418 e. The van der Waals surface area contributed by atoms with E-state index >= 15 is 0 Å². The zero-order chi connectivity index (χ0) is 31.3. The normalized spacial score (nSPS) is 18.5. The molecule has 1 heterocycles. The first-order valence-electron chi connectivity index (χ1n) is 13.8. The molecule has 1 aliphatic heterocycles. The second-order valence-electron chi connectivity index (χ2n) is 11.9. The van der Waals surface area contributed by atoms with Gasteiger partial charge in [-0.3, -0.25) is 9.69 Å². The highest BCUT2D eigenvalue weighted by Crippen LogP contribution is 2.52. The number of alkyl halides is 3. The van der Waals surface area contributed by atoms with Crippen molar-refractivity contribution in [1.82, 2.24) is 0 Å². The van der Waals surface area contributed by atoms with Crippen LogP contribution in [-0.4, -0.2) is 5.78 Å². The number of ketones is 1. The Morgan fingerprint density at radius 3 is 2.42 bits per heavy atom. The van der Waals surface area contributed by atoms with Gasteiger partial charge in [0.05, 0.1) is 28.8 Å². The molecular formula is C34H31ClF3N3OS. The first kappa shape index (κ1) is 30.8. The fourth-order valence-electron chi connectivity index (χ4n) is 6.11. The molecule has 0 amide bonds. The minimum absolute atomic E-state index is 0.0637. The van der Waals surface area contributed by atoms with Gasteiger partial charge in [-0.15, -0.1) is 11.8 Å². The third-order valence-corrected chi connectivity index (χ3v) is 9.36. The Balaban J connectivity index is 1.70. The maximum Gasteiger partial charge on any atom is 0.418 e. The first-order chi connectivity index (χ1) is 20.2. The second kappa shape index (κ2) is 11.4. The molecule has 0 fully saturated rings. The lowest BCUT2D eigenvalue weighted by molar-refractivity contribution is -0.137. The number of nitrogens with zero attached hydrogens (tertiary/aromatic N) is 2. The van der Waals surface area contributed by atoms with Crippen LogP contribution >= 0.6 is 23.4 Å². The molecule has 0 bridgehead atoms. The molecule has 1 aliphatic carbocycles. The van der Waals surface area contributed by atoms with Gasteiger partial charge in [0.25, 0.3) is 0 Å². The molecule has 4 nitrogen and oxygen atoms in total. The molecule has 222 valence electrons. The van der Waals surface area contributed by atoms with Crippen molar-refractivity contribution in [3.05, 3.63) is 116 Å². The number of carbonyl (C=O) groups is 1. The molecule has 43 heavy (non-hydrogen) atoms. The zero-order valence-electron chi connectivity index (χ0n) is 24.3. The maximum atomic E-state index is 14.2. The Labute approximate surface area is 259 Å². The zero-order valence-corrected chi connectivity index (χ0v) is 25.8. The summed E-state index contributed by atoms with van der Waals surface area (Å²) in [7, 11) is 0. The smallest absolute Gasteiger partial charge is 0.384 e. The van der Waals surface area contributed by atoms with Crippen LogP contribution < -0.4 is 10.6 Å². The van der Waals surface area contributed by atoms with Gasteiger partial charge in [-0.2, -0.15) is 18.4 Å². The Morgan fingerprint density at radius 1 is 1.09 bits per heavy atom. The number of carbonyl (C=O) groups excluding carboxylic acids is 1. The van der Waals surface area contributed by atoms with E-state index in [0.29, 0.717) is 28.5 Å². The fraction of sp³-hybridized carbons (Fsp3) is 0.294. The molecule has 5 rings (SSSR count). The van der Waals surface area contributed by atoms with Crippen LogP contribution in [-0.2, 0) is 16.7 Å². The van der Waals surface area contributed by atoms with Gasteiger partial charge >= 0.3 is 6.18 Å². The lowest BCUT2D eigenvalue weighted by atomic mass is 9.68.